The second-order valence-electron chi connectivity index (χ2n) is 7.29. The minimum absolute atomic E-state index is 0.00517. The quantitative estimate of drug-likeness (QED) is 0.506. The Morgan fingerprint density at radius 2 is 1.93 bits per heavy atom. The van der Waals surface area contributed by atoms with Gasteiger partial charge in [0.05, 0.1) is 22.2 Å². The van der Waals surface area contributed by atoms with Gasteiger partial charge in [-0.2, -0.15) is 0 Å². The van der Waals surface area contributed by atoms with E-state index in [1.54, 1.807) is 31.1 Å². The number of carbonyl (C=O) groups excluding carboxylic acids is 1. The van der Waals surface area contributed by atoms with Gasteiger partial charge in [0.1, 0.15) is 0 Å². The smallest absolute Gasteiger partial charge is 0.269 e. The van der Waals surface area contributed by atoms with E-state index in [-0.39, 0.29) is 28.5 Å². The monoisotopic (exact) mass is 363 g/mol. The number of fused-ring (bicyclic) bond motifs is 3. The summed E-state index contributed by atoms with van der Waals surface area (Å²) in [6.45, 7) is 0. The first-order chi connectivity index (χ1) is 13.0. The van der Waals surface area contributed by atoms with Crippen LogP contribution in [0.5, 0.6) is 0 Å². The van der Waals surface area contributed by atoms with Gasteiger partial charge in [0.2, 0.25) is 0 Å². The lowest BCUT2D eigenvalue weighted by atomic mass is 9.76. The van der Waals surface area contributed by atoms with E-state index < -0.39 is 0 Å². The molecule has 2 aliphatic rings. The molecule has 1 amide bonds. The molecule has 0 radical (unpaired) electrons. The lowest BCUT2D eigenvalue weighted by Crippen LogP contribution is -2.31. The van der Waals surface area contributed by atoms with E-state index >= 15 is 0 Å². The highest BCUT2D eigenvalue weighted by Crippen LogP contribution is 2.50. The number of non-ortho nitro benzene ring substituents is 1. The van der Waals surface area contributed by atoms with E-state index in [1.807, 2.05) is 24.3 Å². The van der Waals surface area contributed by atoms with E-state index in [0.29, 0.717) is 11.5 Å². The first-order valence-corrected chi connectivity index (χ1v) is 8.99. The number of carbonyl (C=O) groups is 1. The van der Waals surface area contributed by atoms with E-state index in [9.17, 15) is 14.9 Å². The molecule has 0 spiro atoms. The minimum atomic E-state index is -0.388. The van der Waals surface area contributed by atoms with Crippen molar-refractivity contribution in [2.24, 2.45) is 5.92 Å². The average molecular weight is 363 g/mol. The Labute approximate surface area is 157 Å². The summed E-state index contributed by atoms with van der Waals surface area (Å²) in [4.78, 5) is 24.8. The Bertz CT molecular complexity index is 934. The highest BCUT2D eigenvalue weighted by atomic mass is 16.6. The molecule has 0 fully saturated rings. The predicted molar refractivity (Wildman–Crippen MR) is 104 cm³/mol. The third kappa shape index (κ3) is 2.87. The maximum absolute atomic E-state index is 12.7. The number of rotatable bonds is 3. The number of hydrogen-bond donors (Lipinski definition) is 1. The molecular weight excluding hydrogens is 342 g/mol. The van der Waals surface area contributed by atoms with Crippen LogP contribution in [0.4, 0.5) is 11.4 Å². The molecule has 0 saturated heterocycles. The zero-order valence-corrected chi connectivity index (χ0v) is 15.3. The number of nitrogens with one attached hydrogen (secondary N) is 1. The van der Waals surface area contributed by atoms with Gasteiger partial charge in [0.15, 0.2) is 0 Å². The van der Waals surface area contributed by atoms with Crippen LogP contribution in [0.2, 0.25) is 0 Å². The van der Waals surface area contributed by atoms with Crippen LogP contribution in [0.15, 0.2) is 54.6 Å². The number of nitro groups is 1. The average Bonchev–Trinajstić information content (AvgIpc) is 3.16. The Hall–Kier alpha value is -3.15. The summed E-state index contributed by atoms with van der Waals surface area (Å²) >= 11 is 0. The van der Waals surface area contributed by atoms with Crippen LogP contribution in [0.1, 0.15) is 39.9 Å². The van der Waals surface area contributed by atoms with Crippen LogP contribution in [0.3, 0.4) is 0 Å². The molecule has 1 aliphatic carbocycles. The summed E-state index contributed by atoms with van der Waals surface area (Å²) in [6, 6.07) is 12.6. The van der Waals surface area contributed by atoms with Crippen LogP contribution >= 0.6 is 0 Å². The Balaban J connectivity index is 1.78. The van der Waals surface area contributed by atoms with E-state index in [2.05, 4.69) is 23.5 Å². The summed E-state index contributed by atoms with van der Waals surface area (Å²) in [6.07, 6.45) is 5.34. The molecule has 1 aliphatic heterocycles. The molecule has 1 heterocycles. The number of benzene rings is 2. The Kier molecular flexibility index (Phi) is 4.18. The minimum Gasteiger partial charge on any atom is -0.377 e. The Morgan fingerprint density at radius 3 is 2.59 bits per heavy atom. The van der Waals surface area contributed by atoms with Crippen molar-refractivity contribution in [3.05, 3.63) is 81.4 Å². The van der Waals surface area contributed by atoms with Crippen molar-refractivity contribution in [3.63, 3.8) is 0 Å². The van der Waals surface area contributed by atoms with Gasteiger partial charge in [0, 0.05) is 32.1 Å². The molecule has 3 atom stereocenters. The molecule has 0 unspecified atom stereocenters. The molecule has 27 heavy (non-hydrogen) atoms. The van der Waals surface area contributed by atoms with Crippen molar-refractivity contribution in [1.29, 1.82) is 0 Å². The number of anilines is 1. The number of nitro benzene ring substituents is 1. The first kappa shape index (κ1) is 17.3. The number of para-hydroxylation sites is 1. The zero-order chi connectivity index (χ0) is 19.1. The summed E-state index contributed by atoms with van der Waals surface area (Å²) < 4.78 is 0. The first-order valence-electron chi connectivity index (χ1n) is 8.99. The number of allylic oxidation sites excluding steroid dienone is 2. The fourth-order valence-electron chi connectivity index (χ4n) is 4.17. The van der Waals surface area contributed by atoms with Crippen molar-refractivity contribution >= 4 is 17.3 Å². The third-order valence-electron chi connectivity index (χ3n) is 5.50. The van der Waals surface area contributed by atoms with Crippen LogP contribution in [0.25, 0.3) is 0 Å². The van der Waals surface area contributed by atoms with Crippen molar-refractivity contribution in [2.45, 2.75) is 18.4 Å². The van der Waals surface area contributed by atoms with Crippen molar-refractivity contribution in [2.75, 3.05) is 19.4 Å². The molecule has 4 rings (SSSR count). The molecule has 0 saturated carbocycles. The summed E-state index contributed by atoms with van der Waals surface area (Å²) in [7, 11) is 3.49. The SMILES string of the molecule is CN(C)C(=O)c1cccc2c1N[C@H](c1ccc([N+](=O)[O-])cc1)[C@@H]1CC=C[C@H]21. The fourth-order valence-corrected chi connectivity index (χ4v) is 4.17. The number of hydrogen-bond acceptors (Lipinski definition) is 4. The van der Waals surface area contributed by atoms with Crippen LogP contribution in [0, 0.1) is 16.0 Å². The summed E-state index contributed by atoms with van der Waals surface area (Å²) in [5.41, 5.74) is 3.74. The standard InChI is InChI=1S/C21H21N3O3/c1-23(2)21(25)18-8-4-7-17-15-5-3-6-16(15)19(22-20(17)18)13-9-11-14(12-10-13)24(26)27/h3-5,7-12,15-16,19,22H,6H2,1-2H3/t15-,16+,19+/m0/s1. The number of amides is 1. The molecular formula is C21H21N3O3. The molecule has 2 aromatic carbocycles. The van der Waals surface area contributed by atoms with E-state index in [1.165, 1.54) is 0 Å². The van der Waals surface area contributed by atoms with Gasteiger partial charge in [-0.05, 0) is 29.5 Å². The second kappa shape index (κ2) is 6.54. The molecule has 138 valence electrons. The lowest BCUT2D eigenvalue weighted by molar-refractivity contribution is -0.384. The predicted octanol–water partition coefficient (Wildman–Crippen LogP) is 4.12. The zero-order valence-electron chi connectivity index (χ0n) is 15.3. The van der Waals surface area contributed by atoms with Gasteiger partial charge >= 0.3 is 0 Å². The highest BCUT2D eigenvalue weighted by Gasteiger charge is 2.39. The van der Waals surface area contributed by atoms with Crippen LogP contribution in [-0.2, 0) is 0 Å². The summed E-state index contributed by atoms with van der Waals surface area (Å²) in [5.74, 6) is 0.516. The molecule has 6 heteroatoms. The van der Waals surface area contributed by atoms with Crippen molar-refractivity contribution in [1.82, 2.24) is 4.90 Å². The maximum atomic E-state index is 12.7. The molecule has 0 aromatic heterocycles. The third-order valence-corrected chi connectivity index (χ3v) is 5.50. The van der Waals surface area contributed by atoms with Gasteiger partial charge in [-0.15, -0.1) is 0 Å². The topological polar surface area (TPSA) is 75.5 Å². The van der Waals surface area contributed by atoms with Gasteiger partial charge in [0.25, 0.3) is 11.6 Å². The summed E-state index contributed by atoms with van der Waals surface area (Å²) in [5, 5.41) is 14.5. The van der Waals surface area contributed by atoms with E-state index in [4.69, 9.17) is 0 Å². The second-order valence-corrected chi connectivity index (χ2v) is 7.29. The van der Waals surface area contributed by atoms with Gasteiger partial charge in [-0.1, -0.05) is 36.4 Å². The van der Waals surface area contributed by atoms with Crippen molar-refractivity contribution in [3.8, 4) is 0 Å². The Morgan fingerprint density at radius 1 is 1.19 bits per heavy atom. The molecule has 1 N–H and O–H groups in total. The lowest BCUT2D eigenvalue weighted by Gasteiger charge is -2.38. The van der Waals surface area contributed by atoms with Gasteiger partial charge in [-0.25, -0.2) is 0 Å². The van der Waals surface area contributed by atoms with Gasteiger partial charge in [-0.3, -0.25) is 14.9 Å². The van der Waals surface area contributed by atoms with E-state index in [0.717, 1.165) is 23.2 Å². The van der Waals surface area contributed by atoms with Crippen molar-refractivity contribution < 1.29 is 9.72 Å². The molecule has 0 bridgehead atoms. The molecule has 6 nitrogen and oxygen atoms in total. The normalized spacial score (nSPS) is 22.5. The van der Waals surface area contributed by atoms with Crippen LogP contribution < -0.4 is 5.32 Å². The maximum Gasteiger partial charge on any atom is 0.269 e. The fraction of sp³-hybridized carbons (Fsp3) is 0.286. The molecule has 2 aromatic rings. The van der Waals surface area contributed by atoms with Gasteiger partial charge < -0.3 is 10.2 Å². The highest BCUT2D eigenvalue weighted by molar-refractivity contribution is 6.00. The van der Waals surface area contributed by atoms with Crippen LogP contribution in [-0.4, -0.2) is 29.8 Å². The largest absolute Gasteiger partial charge is 0.377 e. The number of nitrogens with zero attached hydrogens (tertiary/aromatic N) is 2.